The lowest BCUT2D eigenvalue weighted by atomic mass is 9.79. The summed E-state index contributed by atoms with van der Waals surface area (Å²) in [6.45, 7) is 5.95. The van der Waals surface area contributed by atoms with Crippen LogP contribution in [0.25, 0.3) is 0 Å². The molecule has 0 aromatic rings. The molecule has 5 nitrogen and oxygen atoms in total. The first-order valence-corrected chi connectivity index (χ1v) is 7.88. The van der Waals surface area contributed by atoms with E-state index in [0.717, 1.165) is 25.9 Å². The minimum Gasteiger partial charge on any atom is -0.387 e. The van der Waals surface area contributed by atoms with Gasteiger partial charge in [-0.25, -0.2) is 8.42 Å². The molecule has 1 saturated heterocycles. The van der Waals surface area contributed by atoms with E-state index >= 15 is 0 Å². The van der Waals surface area contributed by atoms with Crippen molar-refractivity contribution in [3.05, 3.63) is 0 Å². The Morgan fingerprint density at radius 2 is 1.94 bits per heavy atom. The summed E-state index contributed by atoms with van der Waals surface area (Å²) in [5.74, 6) is 0.699. The van der Waals surface area contributed by atoms with Crippen LogP contribution >= 0.6 is 0 Å². The summed E-state index contributed by atoms with van der Waals surface area (Å²) < 4.78 is 22.8. The number of rotatable bonds is 5. The van der Waals surface area contributed by atoms with Crippen molar-refractivity contribution in [3.8, 4) is 0 Å². The molecule has 100 valence electrons. The third-order valence-electron chi connectivity index (χ3n) is 3.77. The second-order valence-electron chi connectivity index (χ2n) is 5.05. The van der Waals surface area contributed by atoms with Crippen LogP contribution in [-0.2, 0) is 9.84 Å². The van der Waals surface area contributed by atoms with E-state index in [1.807, 2.05) is 6.92 Å². The van der Waals surface area contributed by atoms with Gasteiger partial charge in [0.1, 0.15) is 0 Å². The Balaban J connectivity index is 2.41. The smallest absolute Gasteiger partial charge is 0.151 e. The number of sulfone groups is 1. The zero-order valence-electron chi connectivity index (χ0n) is 10.7. The normalized spacial score (nSPS) is 21.3. The summed E-state index contributed by atoms with van der Waals surface area (Å²) in [5, 5.41) is 7.55. The zero-order chi connectivity index (χ0) is 13.1. The number of nitrogens with one attached hydrogen (secondary N) is 1. The van der Waals surface area contributed by atoms with E-state index in [1.54, 1.807) is 6.92 Å². The number of amidine groups is 1. The number of nitrogens with two attached hydrogens (primary N) is 1. The molecule has 17 heavy (non-hydrogen) atoms. The highest BCUT2D eigenvalue weighted by atomic mass is 32.2. The molecule has 6 heteroatoms. The number of piperidine rings is 1. The molecule has 3 N–H and O–H groups in total. The SMILES string of the molecule is CCS(=O)(=O)CCN1CCC(C)(C(=N)N)CC1. The van der Waals surface area contributed by atoms with Gasteiger partial charge in [-0.2, -0.15) is 0 Å². The van der Waals surface area contributed by atoms with Crippen molar-refractivity contribution >= 4 is 15.7 Å². The van der Waals surface area contributed by atoms with Crippen LogP contribution in [0.3, 0.4) is 0 Å². The van der Waals surface area contributed by atoms with Crippen LogP contribution in [0.2, 0.25) is 0 Å². The molecule has 1 aliphatic rings. The monoisotopic (exact) mass is 261 g/mol. The predicted molar refractivity (Wildman–Crippen MR) is 70.0 cm³/mol. The maximum atomic E-state index is 11.4. The van der Waals surface area contributed by atoms with E-state index in [4.69, 9.17) is 11.1 Å². The lowest BCUT2D eigenvalue weighted by molar-refractivity contribution is 0.170. The van der Waals surface area contributed by atoms with Crippen LogP contribution in [0, 0.1) is 10.8 Å². The predicted octanol–water partition coefficient (Wildman–Crippen LogP) is 0.459. The molecule has 0 aliphatic carbocycles. The molecule has 1 heterocycles. The number of hydrogen-bond acceptors (Lipinski definition) is 4. The first-order chi connectivity index (χ1) is 7.79. The third-order valence-corrected chi connectivity index (χ3v) is 5.45. The molecular weight excluding hydrogens is 238 g/mol. The largest absolute Gasteiger partial charge is 0.387 e. The van der Waals surface area contributed by atoms with Crippen molar-refractivity contribution in [1.82, 2.24) is 4.90 Å². The van der Waals surface area contributed by atoms with Crippen LogP contribution in [0.1, 0.15) is 26.7 Å². The van der Waals surface area contributed by atoms with Crippen molar-refractivity contribution in [2.45, 2.75) is 26.7 Å². The van der Waals surface area contributed by atoms with Gasteiger partial charge < -0.3 is 10.6 Å². The Hall–Kier alpha value is -0.620. The van der Waals surface area contributed by atoms with E-state index in [-0.39, 0.29) is 22.8 Å². The molecule has 0 aromatic heterocycles. The number of hydrogen-bond donors (Lipinski definition) is 2. The van der Waals surface area contributed by atoms with Gasteiger partial charge in [0.15, 0.2) is 9.84 Å². The summed E-state index contributed by atoms with van der Waals surface area (Å²) in [5.41, 5.74) is 5.39. The second-order valence-corrected chi connectivity index (χ2v) is 7.53. The van der Waals surface area contributed by atoms with Crippen molar-refractivity contribution in [1.29, 1.82) is 5.41 Å². The molecule has 0 unspecified atom stereocenters. The molecular formula is C11H23N3O2S. The highest BCUT2D eigenvalue weighted by Gasteiger charge is 2.32. The van der Waals surface area contributed by atoms with Gasteiger partial charge in [0.2, 0.25) is 0 Å². The van der Waals surface area contributed by atoms with Crippen molar-refractivity contribution in [3.63, 3.8) is 0 Å². The Morgan fingerprint density at radius 1 is 1.41 bits per heavy atom. The van der Waals surface area contributed by atoms with Gasteiger partial charge >= 0.3 is 0 Å². The first-order valence-electron chi connectivity index (χ1n) is 6.06. The molecule has 1 fully saturated rings. The topological polar surface area (TPSA) is 87.2 Å². The van der Waals surface area contributed by atoms with Crippen molar-refractivity contribution in [2.24, 2.45) is 11.1 Å². The van der Waals surface area contributed by atoms with Crippen molar-refractivity contribution < 1.29 is 8.42 Å². The molecule has 0 atom stereocenters. The first kappa shape index (κ1) is 14.4. The number of likely N-dealkylation sites (tertiary alicyclic amines) is 1. The molecule has 0 saturated carbocycles. The summed E-state index contributed by atoms with van der Waals surface area (Å²) >= 11 is 0. The van der Waals surface area contributed by atoms with E-state index in [2.05, 4.69) is 4.90 Å². The highest BCUT2D eigenvalue weighted by Crippen LogP contribution is 2.30. The van der Waals surface area contributed by atoms with Crippen LogP contribution in [0.5, 0.6) is 0 Å². The summed E-state index contributed by atoms with van der Waals surface area (Å²) in [7, 11) is -2.87. The lowest BCUT2D eigenvalue weighted by Crippen LogP contribution is -2.46. The molecule has 0 bridgehead atoms. The van der Waals surface area contributed by atoms with Gasteiger partial charge in [-0.15, -0.1) is 0 Å². The van der Waals surface area contributed by atoms with E-state index in [0.29, 0.717) is 6.54 Å². The average molecular weight is 261 g/mol. The molecule has 0 aromatic carbocycles. The van der Waals surface area contributed by atoms with Gasteiger partial charge in [-0.3, -0.25) is 5.41 Å². The van der Waals surface area contributed by atoms with Crippen LogP contribution < -0.4 is 5.73 Å². The van der Waals surface area contributed by atoms with E-state index < -0.39 is 9.84 Å². The van der Waals surface area contributed by atoms with Gasteiger partial charge in [0, 0.05) is 17.7 Å². The fourth-order valence-corrected chi connectivity index (χ4v) is 2.78. The highest BCUT2D eigenvalue weighted by molar-refractivity contribution is 7.91. The maximum absolute atomic E-state index is 11.4. The molecule has 0 spiro atoms. The summed E-state index contributed by atoms with van der Waals surface area (Å²) in [4.78, 5) is 2.15. The number of nitrogens with zero attached hydrogens (tertiary/aromatic N) is 1. The Bertz CT molecular complexity index is 370. The van der Waals surface area contributed by atoms with Gasteiger partial charge in [-0.1, -0.05) is 13.8 Å². The minimum atomic E-state index is -2.87. The molecule has 1 rings (SSSR count). The Kier molecular flexibility index (Phi) is 4.55. The van der Waals surface area contributed by atoms with E-state index in [9.17, 15) is 8.42 Å². The van der Waals surface area contributed by atoms with Gasteiger partial charge in [0.25, 0.3) is 0 Å². The van der Waals surface area contributed by atoms with Crippen LogP contribution in [0.4, 0.5) is 0 Å². The molecule has 1 aliphatic heterocycles. The van der Waals surface area contributed by atoms with Crippen LogP contribution in [-0.4, -0.2) is 50.3 Å². The van der Waals surface area contributed by atoms with Gasteiger partial charge in [-0.05, 0) is 25.9 Å². The Labute approximate surface area is 104 Å². The quantitative estimate of drug-likeness (QED) is 0.556. The fraction of sp³-hybridized carbons (Fsp3) is 0.909. The molecule has 0 amide bonds. The third kappa shape index (κ3) is 3.96. The van der Waals surface area contributed by atoms with Crippen LogP contribution in [0.15, 0.2) is 0 Å². The summed E-state index contributed by atoms with van der Waals surface area (Å²) in [6, 6.07) is 0. The standard InChI is InChI=1S/C11H23N3O2S/c1-3-17(15,16)9-8-14-6-4-11(2,5-7-14)10(12)13/h3-9H2,1-2H3,(H3,12,13). The van der Waals surface area contributed by atoms with E-state index in [1.165, 1.54) is 0 Å². The summed E-state index contributed by atoms with van der Waals surface area (Å²) in [6.07, 6.45) is 1.68. The minimum absolute atomic E-state index is 0.194. The lowest BCUT2D eigenvalue weighted by Gasteiger charge is -2.38. The van der Waals surface area contributed by atoms with Gasteiger partial charge in [0.05, 0.1) is 11.6 Å². The Morgan fingerprint density at radius 3 is 2.35 bits per heavy atom. The average Bonchev–Trinajstić information content (AvgIpc) is 2.28. The zero-order valence-corrected chi connectivity index (χ0v) is 11.5. The maximum Gasteiger partial charge on any atom is 0.151 e. The fourth-order valence-electron chi connectivity index (χ4n) is 1.95. The second kappa shape index (κ2) is 5.35. The van der Waals surface area contributed by atoms with Crippen molar-refractivity contribution in [2.75, 3.05) is 31.1 Å². The molecule has 0 radical (unpaired) electrons.